The normalized spacial score (nSPS) is 23.5. The maximum atomic E-state index is 13.2. The third-order valence-corrected chi connectivity index (χ3v) is 6.66. The number of urea groups is 1. The quantitative estimate of drug-likeness (QED) is 0.758. The Kier molecular flexibility index (Phi) is 4.72. The van der Waals surface area contributed by atoms with Gasteiger partial charge in [-0.1, -0.05) is 0 Å². The first-order valence-corrected chi connectivity index (χ1v) is 10.9. The summed E-state index contributed by atoms with van der Waals surface area (Å²) in [4.78, 5) is 27.3. The van der Waals surface area contributed by atoms with Crippen molar-refractivity contribution < 1.29 is 18.0 Å². The van der Waals surface area contributed by atoms with E-state index < -0.39 is 12.1 Å². The monoisotopic (exact) mass is 438 g/mol. The molecule has 5 rings (SSSR count). The van der Waals surface area contributed by atoms with E-state index in [0.29, 0.717) is 29.7 Å². The summed E-state index contributed by atoms with van der Waals surface area (Å²) in [6.07, 6.45) is -0.341. The van der Waals surface area contributed by atoms with Crippen molar-refractivity contribution >= 4 is 39.8 Å². The molecule has 0 radical (unpaired) electrons. The summed E-state index contributed by atoms with van der Waals surface area (Å²) in [5.74, 6) is -0.370. The molecule has 2 aromatic rings. The van der Waals surface area contributed by atoms with Gasteiger partial charge < -0.3 is 9.80 Å². The molecule has 3 aliphatic heterocycles. The lowest BCUT2D eigenvalue weighted by Crippen LogP contribution is -2.45. The van der Waals surface area contributed by atoms with E-state index in [2.05, 4.69) is 20.2 Å². The van der Waals surface area contributed by atoms with Crippen molar-refractivity contribution in [3.05, 3.63) is 23.7 Å². The van der Waals surface area contributed by atoms with Crippen LogP contribution in [0.15, 0.2) is 23.7 Å². The molecule has 0 spiro atoms. The summed E-state index contributed by atoms with van der Waals surface area (Å²) < 4.78 is 39.7. The van der Waals surface area contributed by atoms with Gasteiger partial charge in [0.25, 0.3) is 0 Å². The minimum Gasteiger partial charge on any atom is -0.356 e. The van der Waals surface area contributed by atoms with Gasteiger partial charge in [0.2, 0.25) is 0 Å². The number of pyridine rings is 1. The number of rotatable bonds is 2. The van der Waals surface area contributed by atoms with Gasteiger partial charge in [-0.15, -0.1) is 11.3 Å². The Hall–Kier alpha value is -2.56. The zero-order valence-electron chi connectivity index (χ0n) is 16.1. The maximum absolute atomic E-state index is 13.2. The summed E-state index contributed by atoms with van der Waals surface area (Å²) in [6, 6.07) is 3.33. The third-order valence-electron chi connectivity index (χ3n) is 5.97. The van der Waals surface area contributed by atoms with Crippen LogP contribution in [0.25, 0.3) is 0 Å². The molecule has 3 aliphatic rings. The lowest BCUT2D eigenvalue weighted by Gasteiger charge is -2.34. The van der Waals surface area contributed by atoms with Crippen LogP contribution in [0, 0.1) is 5.92 Å². The molecule has 11 heteroatoms. The predicted molar refractivity (Wildman–Crippen MR) is 109 cm³/mol. The number of piperidine rings is 1. The lowest BCUT2D eigenvalue weighted by molar-refractivity contribution is -0.176. The summed E-state index contributed by atoms with van der Waals surface area (Å²) in [6.45, 7) is 1.24. The van der Waals surface area contributed by atoms with Crippen LogP contribution in [0.5, 0.6) is 0 Å². The highest BCUT2D eigenvalue weighted by atomic mass is 32.1. The second-order valence-corrected chi connectivity index (χ2v) is 8.69. The zero-order valence-corrected chi connectivity index (χ0v) is 16.9. The van der Waals surface area contributed by atoms with E-state index in [1.807, 2.05) is 6.07 Å². The number of fused-ring (bicyclic) bond motifs is 3. The van der Waals surface area contributed by atoms with E-state index in [9.17, 15) is 18.0 Å². The first kappa shape index (κ1) is 19.4. The van der Waals surface area contributed by atoms with Crippen molar-refractivity contribution in [1.82, 2.24) is 9.97 Å². The number of thiazole rings is 1. The van der Waals surface area contributed by atoms with Crippen LogP contribution in [0.4, 0.5) is 40.4 Å². The number of hydrogen-bond acceptors (Lipinski definition) is 6. The molecule has 30 heavy (non-hydrogen) atoms. The molecule has 2 amide bonds. The van der Waals surface area contributed by atoms with Gasteiger partial charge in [0.05, 0.1) is 11.6 Å². The average Bonchev–Trinajstić information content (AvgIpc) is 3.44. The summed E-state index contributed by atoms with van der Waals surface area (Å²) in [5, 5.41) is 5.08. The standard InChI is InChI=1S/C19H21F3N6OS/c20-19(21,22)12-3-1-8-26(11-12)14-6-5-13-16(24-14)28(15-4-2-9-27(13)15)18(29)25-17-23-7-10-30-17/h5-7,10,12,15H,1-4,8-9,11H2,(H,23,25,29)/t12?,15-/m1/s1. The van der Waals surface area contributed by atoms with E-state index in [1.54, 1.807) is 27.4 Å². The number of alkyl halides is 3. The number of hydrogen-bond donors (Lipinski definition) is 1. The van der Waals surface area contributed by atoms with Gasteiger partial charge in [0.15, 0.2) is 10.9 Å². The number of halogens is 3. The minimum absolute atomic E-state index is 0.103. The second kappa shape index (κ2) is 7.29. The van der Waals surface area contributed by atoms with Crippen LogP contribution in [0.1, 0.15) is 25.7 Å². The Balaban J connectivity index is 1.44. The molecular weight excluding hydrogens is 417 g/mol. The molecule has 2 saturated heterocycles. The van der Waals surface area contributed by atoms with Crippen LogP contribution in [-0.4, -0.2) is 48.0 Å². The zero-order chi connectivity index (χ0) is 20.9. The van der Waals surface area contributed by atoms with Gasteiger partial charge in [0, 0.05) is 31.2 Å². The molecule has 2 aromatic heterocycles. The van der Waals surface area contributed by atoms with Crippen molar-refractivity contribution in [2.75, 3.05) is 39.7 Å². The van der Waals surface area contributed by atoms with Gasteiger partial charge in [-0.2, -0.15) is 13.2 Å². The van der Waals surface area contributed by atoms with Crippen LogP contribution in [-0.2, 0) is 0 Å². The number of carbonyl (C=O) groups is 1. The molecule has 1 N–H and O–H groups in total. The van der Waals surface area contributed by atoms with Gasteiger partial charge >= 0.3 is 12.2 Å². The van der Waals surface area contributed by atoms with Gasteiger partial charge in [-0.3, -0.25) is 10.2 Å². The fourth-order valence-corrected chi connectivity index (χ4v) is 5.09. The topological polar surface area (TPSA) is 64.6 Å². The van der Waals surface area contributed by atoms with E-state index in [0.717, 1.165) is 25.1 Å². The third kappa shape index (κ3) is 3.34. The smallest absolute Gasteiger partial charge is 0.356 e. The second-order valence-electron chi connectivity index (χ2n) is 7.79. The number of carbonyl (C=O) groups excluding carboxylic acids is 1. The predicted octanol–water partition coefficient (Wildman–Crippen LogP) is 4.30. The van der Waals surface area contributed by atoms with Gasteiger partial charge in [-0.25, -0.2) is 14.8 Å². The highest BCUT2D eigenvalue weighted by Gasteiger charge is 2.45. The number of aromatic nitrogens is 2. The Labute approximate surface area is 175 Å². The highest BCUT2D eigenvalue weighted by molar-refractivity contribution is 7.13. The lowest BCUT2D eigenvalue weighted by atomic mass is 9.97. The Morgan fingerprint density at radius 3 is 2.80 bits per heavy atom. The van der Waals surface area contributed by atoms with Crippen LogP contribution in [0.2, 0.25) is 0 Å². The van der Waals surface area contributed by atoms with Crippen molar-refractivity contribution in [3.8, 4) is 0 Å². The van der Waals surface area contributed by atoms with Crippen molar-refractivity contribution in [2.24, 2.45) is 5.92 Å². The molecule has 0 aliphatic carbocycles. The van der Waals surface area contributed by atoms with Crippen LogP contribution < -0.4 is 20.0 Å². The van der Waals surface area contributed by atoms with E-state index in [-0.39, 0.29) is 25.2 Å². The molecule has 0 saturated carbocycles. The number of nitrogens with one attached hydrogen (secondary N) is 1. The summed E-state index contributed by atoms with van der Waals surface area (Å²) in [7, 11) is 0. The number of nitrogens with zero attached hydrogens (tertiary/aromatic N) is 5. The molecule has 160 valence electrons. The molecule has 2 fully saturated rings. The Morgan fingerprint density at radius 2 is 2.03 bits per heavy atom. The average molecular weight is 438 g/mol. The largest absolute Gasteiger partial charge is 0.393 e. The minimum atomic E-state index is -4.21. The molecule has 0 aromatic carbocycles. The summed E-state index contributed by atoms with van der Waals surface area (Å²) >= 11 is 1.33. The van der Waals surface area contributed by atoms with Gasteiger partial charge in [-0.05, 0) is 37.8 Å². The Bertz CT molecular complexity index is 937. The van der Waals surface area contributed by atoms with E-state index in [1.165, 1.54) is 11.3 Å². The van der Waals surface area contributed by atoms with Crippen molar-refractivity contribution in [2.45, 2.75) is 38.0 Å². The molecular formula is C19H21F3N6OS. The fourth-order valence-electron chi connectivity index (χ4n) is 4.57. The van der Waals surface area contributed by atoms with Crippen molar-refractivity contribution in [1.29, 1.82) is 0 Å². The fraction of sp³-hybridized carbons (Fsp3) is 0.526. The first-order valence-electron chi connectivity index (χ1n) is 10.0. The highest BCUT2D eigenvalue weighted by Crippen LogP contribution is 2.44. The Morgan fingerprint density at radius 1 is 1.20 bits per heavy atom. The van der Waals surface area contributed by atoms with Crippen molar-refractivity contribution in [3.63, 3.8) is 0 Å². The summed E-state index contributed by atoms with van der Waals surface area (Å²) in [5.41, 5.74) is 0.847. The first-order chi connectivity index (χ1) is 14.4. The maximum Gasteiger partial charge on any atom is 0.393 e. The number of anilines is 4. The molecule has 7 nitrogen and oxygen atoms in total. The van der Waals surface area contributed by atoms with E-state index in [4.69, 9.17) is 0 Å². The van der Waals surface area contributed by atoms with Crippen LogP contribution >= 0.6 is 11.3 Å². The molecule has 0 bridgehead atoms. The molecule has 5 heterocycles. The molecule has 1 unspecified atom stereocenters. The van der Waals surface area contributed by atoms with E-state index >= 15 is 0 Å². The van der Waals surface area contributed by atoms with Gasteiger partial charge in [0.1, 0.15) is 12.0 Å². The SMILES string of the molecule is O=C(Nc1nccs1)N1c2nc(N3CCCC(C(F)(F)F)C3)ccc2N2CCC[C@H]21. The molecule has 2 atom stereocenters. The van der Waals surface area contributed by atoms with Crippen LogP contribution in [0.3, 0.4) is 0 Å². The number of amides is 2.